The third kappa shape index (κ3) is 3.13. The third-order valence-electron chi connectivity index (χ3n) is 3.73. The lowest BCUT2D eigenvalue weighted by Gasteiger charge is -2.31. The van der Waals surface area contributed by atoms with E-state index in [2.05, 4.69) is 0 Å². The molecule has 0 N–H and O–H groups in total. The van der Waals surface area contributed by atoms with E-state index in [0.29, 0.717) is 24.6 Å². The zero-order valence-corrected chi connectivity index (χ0v) is 11.5. The quantitative estimate of drug-likeness (QED) is 0.841. The molecule has 1 aromatic carbocycles. The van der Waals surface area contributed by atoms with E-state index in [-0.39, 0.29) is 11.5 Å². The second-order valence-electron chi connectivity index (χ2n) is 5.13. The molecule has 1 fully saturated rings. The van der Waals surface area contributed by atoms with E-state index in [9.17, 15) is 9.18 Å². The van der Waals surface area contributed by atoms with Gasteiger partial charge in [-0.15, -0.1) is 0 Å². The minimum absolute atomic E-state index is 0.185. The Labute approximate surface area is 113 Å². The molecule has 1 aromatic rings. The fourth-order valence-electron chi connectivity index (χ4n) is 2.52. The number of hydrogen-bond donors (Lipinski definition) is 0. The number of amides is 1. The van der Waals surface area contributed by atoms with Crippen molar-refractivity contribution in [1.29, 1.82) is 0 Å². The SMILES string of the molecule is COCC1CCN(C(=O)c2cccc(C)c2F)CC1. The molecule has 0 unspecified atom stereocenters. The first-order valence-electron chi connectivity index (χ1n) is 6.66. The standard InChI is InChI=1S/C15H20FNO2/c1-11-4-3-5-13(14(11)16)15(18)17-8-6-12(7-9-17)10-19-2/h3-5,12H,6-10H2,1-2H3. The van der Waals surface area contributed by atoms with Gasteiger partial charge in [-0.25, -0.2) is 4.39 Å². The maximum Gasteiger partial charge on any atom is 0.256 e. The summed E-state index contributed by atoms with van der Waals surface area (Å²) in [4.78, 5) is 14.0. The van der Waals surface area contributed by atoms with Gasteiger partial charge in [0.05, 0.1) is 5.56 Å². The van der Waals surface area contributed by atoms with Crippen LogP contribution in [0.1, 0.15) is 28.8 Å². The minimum Gasteiger partial charge on any atom is -0.384 e. The van der Waals surface area contributed by atoms with Crippen molar-refractivity contribution in [3.05, 3.63) is 35.1 Å². The Hall–Kier alpha value is -1.42. The van der Waals surface area contributed by atoms with Crippen LogP contribution in [0.5, 0.6) is 0 Å². The number of likely N-dealkylation sites (tertiary alicyclic amines) is 1. The molecule has 1 amide bonds. The van der Waals surface area contributed by atoms with Gasteiger partial charge in [0, 0.05) is 26.8 Å². The Morgan fingerprint density at radius 3 is 2.74 bits per heavy atom. The molecule has 4 heteroatoms. The number of nitrogens with zero attached hydrogens (tertiary/aromatic N) is 1. The molecule has 3 nitrogen and oxygen atoms in total. The van der Waals surface area contributed by atoms with Crippen molar-refractivity contribution in [3.63, 3.8) is 0 Å². The number of hydrogen-bond acceptors (Lipinski definition) is 2. The van der Waals surface area contributed by atoms with Crippen LogP contribution in [-0.2, 0) is 4.74 Å². The van der Waals surface area contributed by atoms with Crippen LogP contribution >= 0.6 is 0 Å². The topological polar surface area (TPSA) is 29.5 Å². The number of halogens is 1. The van der Waals surface area contributed by atoms with E-state index in [1.807, 2.05) is 0 Å². The predicted molar refractivity (Wildman–Crippen MR) is 71.6 cm³/mol. The van der Waals surface area contributed by atoms with E-state index in [4.69, 9.17) is 4.74 Å². The Morgan fingerprint density at radius 2 is 2.11 bits per heavy atom. The summed E-state index contributed by atoms with van der Waals surface area (Å²) in [6.45, 7) is 3.78. The molecule has 1 aliphatic rings. The Balaban J connectivity index is 2.03. The predicted octanol–water partition coefficient (Wildman–Crippen LogP) is 2.63. The first kappa shape index (κ1) is 14.0. The van der Waals surface area contributed by atoms with E-state index in [1.54, 1.807) is 37.1 Å². The van der Waals surface area contributed by atoms with E-state index in [1.165, 1.54) is 0 Å². The van der Waals surface area contributed by atoms with Gasteiger partial charge in [-0.3, -0.25) is 4.79 Å². The first-order chi connectivity index (χ1) is 9.13. The van der Waals surface area contributed by atoms with Gasteiger partial charge in [-0.2, -0.15) is 0 Å². The molecule has 1 heterocycles. The zero-order chi connectivity index (χ0) is 13.8. The number of aryl methyl sites for hydroxylation is 1. The molecular formula is C15H20FNO2. The van der Waals surface area contributed by atoms with Crippen LogP contribution in [0.3, 0.4) is 0 Å². The lowest BCUT2D eigenvalue weighted by atomic mass is 9.97. The summed E-state index contributed by atoms with van der Waals surface area (Å²) < 4.78 is 19.1. The van der Waals surface area contributed by atoms with Crippen LogP contribution < -0.4 is 0 Å². The summed E-state index contributed by atoms with van der Waals surface area (Å²) in [7, 11) is 1.69. The molecule has 0 radical (unpaired) electrons. The molecule has 0 aliphatic carbocycles. The third-order valence-corrected chi connectivity index (χ3v) is 3.73. The molecule has 0 atom stereocenters. The minimum atomic E-state index is -0.397. The van der Waals surface area contributed by atoms with Crippen LogP contribution in [0.25, 0.3) is 0 Å². The van der Waals surface area contributed by atoms with Crippen molar-refractivity contribution in [1.82, 2.24) is 4.90 Å². The van der Waals surface area contributed by atoms with E-state index < -0.39 is 5.82 Å². The molecule has 104 valence electrons. The van der Waals surface area contributed by atoms with E-state index in [0.717, 1.165) is 19.4 Å². The highest BCUT2D eigenvalue weighted by Crippen LogP contribution is 2.21. The highest BCUT2D eigenvalue weighted by atomic mass is 19.1. The van der Waals surface area contributed by atoms with Gasteiger partial charge in [-0.05, 0) is 37.3 Å². The fraction of sp³-hybridized carbons (Fsp3) is 0.533. The highest BCUT2D eigenvalue weighted by Gasteiger charge is 2.25. The van der Waals surface area contributed by atoms with Gasteiger partial charge < -0.3 is 9.64 Å². The maximum absolute atomic E-state index is 13.9. The van der Waals surface area contributed by atoms with Crippen molar-refractivity contribution >= 4 is 5.91 Å². The summed E-state index contributed by atoms with van der Waals surface area (Å²) in [6.07, 6.45) is 1.85. The monoisotopic (exact) mass is 265 g/mol. The maximum atomic E-state index is 13.9. The second kappa shape index (κ2) is 6.15. The molecule has 0 spiro atoms. The Bertz CT molecular complexity index is 453. The average Bonchev–Trinajstić information content (AvgIpc) is 2.42. The molecular weight excluding hydrogens is 245 g/mol. The number of benzene rings is 1. The van der Waals surface area contributed by atoms with Crippen LogP contribution in [0.15, 0.2) is 18.2 Å². The molecule has 1 aliphatic heterocycles. The van der Waals surface area contributed by atoms with Gasteiger partial charge in [0.15, 0.2) is 0 Å². The smallest absolute Gasteiger partial charge is 0.256 e. The number of piperidine rings is 1. The van der Waals surface area contributed by atoms with Crippen LogP contribution in [0, 0.1) is 18.7 Å². The lowest BCUT2D eigenvalue weighted by molar-refractivity contribution is 0.0609. The number of ether oxygens (including phenoxy) is 1. The number of carbonyl (C=O) groups excluding carboxylic acids is 1. The Kier molecular flexibility index (Phi) is 4.53. The normalized spacial score (nSPS) is 16.7. The number of carbonyl (C=O) groups is 1. The van der Waals surface area contributed by atoms with Crippen LogP contribution in [0.2, 0.25) is 0 Å². The van der Waals surface area contributed by atoms with Crippen LogP contribution in [0.4, 0.5) is 4.39 Å². The summed E-state index contributed by atoms with van der Waals surface area (Å²) in [5.41, 5.74) is 0.699. The average molecular weight is 265 g/mol. The first-order valence-corrected chi connectivity index (χ1v) is 6.66. The van der Waals surface area contributed by atoms with E-state index >= 15 is 0 Å². The summed E-state index contributed by atoms with van der Waals surface area (Å²) >= 11 is 0. The Morgan fingerprint density at radius 1 is 1.42 bits per heavy atom. The summed E-state index contributed by atoms with van der Waals surface area (Å²) in [5.74, 6) is -0.0833. The van der Waals surface area contributed by atoms with Crippen LogP contribution in [-0.4, -0.2) is 37.6 Å². The van der Waals surface area contributed by atoms with Crippen molar-refractivity contribution < 1.29 is 13.9 Å². The lowest BCUT2D eigenvalue weighted by Crippen LogP contribution is -2.39. The van der Waals surface area contributed by atoms with Crippen molar-refractivity contribution in [3.8, 4) is 0 Å². The van der Waals surface area contributed by atoms with Gasteiger partial charge in [0.1, 0.15) is 5.82 Å². The van der Waals surface area contributed by atoms with Crippen molar-refractivity contribution in [2.45, 2.75) is 19.8 Å². The molecule has 2 rings (SSSR count). The molecule has 0 aromatic heterocycles. The summed E-state index contributed by atoms with van der Waals surface area (Å²) in [6, 6.07) is 4.96. The number of rotatable bonds is 3. The molecule has 0 saturated carbocycles. The zero-order valence-electron chi connectivity index (χ0n) is 11.5. The molecule has 19 heavy (non-hydrogen) atoms. The van der Waals surface area contributed by atoms with Gasteiger partial charge >= 0.3 is 0 Å². The van der Waals surface area contributed by atoms with Gasteiger partial charge in [0.25, 0.3) is 5.91 Å². The summed E-state index contributed by atoms with van der Waals surface area (Å²) in [5, 5.41) is 0. The van der Waals surface area contributed by atoms with Crippen molar-refractivity contribution in [2.75, 3.05) is 26.8 Å². The molecule has 1 saturated heterocycles. The fourth-order valence-corrected chi connectivity index (χ4v) is 2.52. The van der Waals surface area contributed by atoms with Crippen molar-refractivity contribution in [2.24, 2.45) is 5.92 Å². The highest BCUT2D eigenvalue weighted by molar-refractivity contribution is 5.94. The van der Waals surface area contributed by atoms with Gasteiger partial charge in [-0.1, -0.05) is 12.1 Å². The second-order valence-corrected chi connectivity index (χ2v) is 5.13. The largest absolute Gasteiger partial charge is 0.384 e. The molecule has 0 bridgehead atoms. The number of methoxy groups -OCH3 is 1. The van der Waals surface area contributed by atoms with Gasteiger partial charge in [0.2, 0.25) is 0 Å².